The topological polar surface area (TPSA) is 42.4 Å². The predicted molar refractivity (Wildman–Crippen MR) is 98.7 cm³/mol. The maximum absolute atomic E-state index is 12.7. The molecule has 0 spiro atoms. The summed E-state index contributed by atoms with van der Waals surface area (Å²) in [6.07, 6.45) is 2.50. The molecule has 0 bridgehead atoms. The lowest BCUT2D eigenvalue weighted by Crippen LogP contribution is -2.30. The fourth-order valence-corrected chi connectivity index (χ4v) is 4.25. The molecular weight excluding hydrogens is 388 g/mol. The zero-order valence-electron chi connectivity index (χ0n) is 12.8. The number of pyridine rings is 1. The second kappa shape index (κ2) is 6.53. The minimum Gasteiger partial charge on any atom is -0.472 e. The van der Waals surface area contributed by atoms with Crippen LogP contribution in [0.15, 0.2) is 53.1 Å². The van der Waals surface area contributed by atoms with Crippen molar-refractivity contribution < 1.29 is 9.53 Å². The molecule has 2 aromatic heterocycles. The average Bonchev–Trinajstić information content (AvgIpc) is 3.23. The number of hydrogen-bond donors (Lipinski definition) is 0. The molecule has 6 heteroatoms. The van der Waals surface area contributed by atoms with Crippen LogP contribution in [0.2, 0.25) is 0 Å². The molecular formula is C18H15BrN2O2S. The quantitative estimate of drug-likeness (QED) is 0.653. The Kier molecular flexibility index (Phi) is 4.24. The van der Waals surface area contributed by atoms with E-state index in [0.717, 1.165) is 25.9 Å². The van der Waals surface area contributed by atoms with Gasteiger partial charge in [0.25, 0.3) is 5.91 Å². The number of amides is 1. The minimum absolute atomic E-state index is 0.0190. The molecule has 1 amide bonds. The highest BCUT2D eigenvalue weighted by Gasteiger charge is 2.29. The van der Waals surface area contributed by atoms with E-state index >= 15 is 0 Å². The number of carbonyl (C=O) groups is 1. The van der Waals surface area contributed by atoms with E-state index in [1.165, 1.54) is 0 Å². The Morgan fingerprint density at radius 2 is 2.17 bits per heavy atom. The van der Waals surface area contributed by atoms with Crippen molar-refractivity contribution >= 4 is 43.3 Å². The first-order valence-electron chi connectivity index (χ1n) is 7.76. The molecule has 4 rings (SSSR count). The lowest BCUT2D eigenvalue weighted by atomic mass is 10.2. The number of likely N-dealkylation sites (tertiary alicyclic amines) is 1. The number of carbonyl (C=O) groups excluding carboxylic acids is 1. The number of halogens is 1. The number of rotatable bonds is 3. The van der Waals surface area contributed by atoms with Crippen molar-refractivity contribution in [3.05, 3.63) is 58.0 Å². The van der Waals surface area contributed by atoms with Gasteiger partial charge < -0.3 is 9.64 Å². The fraction of sp³-hybridized carbons (Fsp3) is 0.222. The van der Waals surface area contributed by atoms with Crippen molar-refractivity contribution in [2.75, 3.05) is 13.1 Å². The summed E-state index contributed by atoms with van der Waals surface area (Å²) in [5, 5.41) is 1.12. The predicted octanol–water partition coefficient (Wildman–Crippen LogP) is 4.35. The van der Waals surface area contributed by atoms with Crippen LogP contribution >= 0.6 is 27.3 Å². The number of aromatic nitrogens is 1. The average molecular weight is 403 g/mol. The molecule has 4 nitrogen and oxygen atoms in total. The third kappa shape index (κ3) is 3.03. The van der Waals surface area contributed by atoms with Gasteiger partial charge in [0.15, 0.2) is 0 Å². The molecule has 1 saturated heterocycles. The van der Waals surface area contributed by atoms with E-state index in [1.807, 2.05) is 47.4 Å². The second-order valence-corrected chi connectivity index (χ2v) is 7.66. The highest BCUT2D eigenvalue weighted by molar-refractivity contribution is 9.10. The largest absolute Gasteiger partial charge is 0.472 e. The number of benzene rings is 1. The number of thiophene rings is 1. The van der Waals surface area contributed by atoms with Gasteiger partial charge in [0.2, 0.25) is 5.88 Å². The van der Waals surface area contributed by atoms with Gasteiger partial charge >= 0.3 is 0 Å². The highest BCUT2D eigenvalue weighted by Crippen LogP contribution is 2.28. The van der Waals surface area contributed by atoms with Crippen molar-refractivity contribution in [2.24, 2.45) is 0 Å². The van der Waals surface area contributed by atoms with Gasteiger partial charge in [-0.05, 0) is 45.6 Å². The van der Waals surface area contributed by atoms with E-state index < -0.39 is 0 Å². The molecule has 3 aromatic rings. The van der Waals surface area contributed by atoms with Crippen LogP contribution < -0.4 is 4.74 Å². The van der Waals surface area contributed by atoms with Gasteiger partial charge in [0.1, 0.15) is 6.10 Å². The maximum atomic E-state index is 12.7. The monoisotopic (exact) mass is 402 g/mol. The summed E-state index contributed by atoms with van der Waals surface area (Å²) in [6, 6.07) is 13.8. The fourth-order valence-electron chi connectivity index (χ4n) is 2.87. The van der Waals surface area contributed by atoms with Crippen LogP contribution in [0.1, 0.15) is 16.1 Å². The molecule has 1 fully saturated rings. The summed E-state index contributed by atoms with van der Waals surface area (Å²) < 4.78 is 7.91. The van der Waals surface area contributed by atoms with E-state index in [-0.39, 0.29) is 12.0 Å². The van der Waals surface area contributed by atoms with Crippen LogP contribution in [0.4, 0.5) is 0 Å². The van der Waals surface area contributed by atoms with Crippen LogP contribution in [0.25, 0.3) is 10.1 Å². The molecule has 1 aromatic carbocycles. The smallest absolute Gasteiger partial charge is 0.264 e. The van der Waals surface area contributed by atoms with Crippen molar-refractivity contribution in [3.8, 4) is 5.88 Å². The summed E-state index contributed by atoms with van der Waals surface area (Å²) in [5.74, 6) is 0.668. The Bertz CT molecular complexity index is 862. The molecule has 1 aliphatic heterocycles. The van der Waals surface area contributed by atoms with Gasteiger partial charge in [-0.2, -0.15) is 0 Å². The van der Waals surface area contributed by atoms with Gasteiger partial charge in [-0.3, -0.25) is 4.79 Å². The van der Waals surface area contributed by atoms with Crippen molar-refractivity contribution in [1.29, 1.82) is 0 Å². The lowest BCUT2D eigenvalue weighted by molar-refractivity contribution is 0.0776. The number of ether oxygens (including phenoxy) is 1. The third-order valence-electron chi connectivity index (χ3n) is 4.07. The van der Waals surface area contributed by atoms with Crippen LogP contribution in [0.5, 0.6) is 5.88 Å². The molecule has 1 aliphatic rings. The molecule has 0 aliphatic carbocycles. The summed E-state index contributed by atoms with van der Waals surface area (Å²) in [6.45, 7) is 1.30. The maximum Gasteiger partial charge on any atom is 0.264 e. The molecule has 0 unspecified atom stereocenters. The molecule has 3 heterocycles. The van der Waals surface area contributed by atoms with E-state index in [1.54, 1.807) is 17.5 Å². The molecule has 0 N–H and O–H groups in total. The van der Waals surface area contributed by atoms with Crippen LogP contribution in [-0.4, -0.2) is 35.0 Å². The van der Waals surface area contributed by atoms with Crippen LogP contribution in [0, 0.1) is 0 Å². The summed E-state index contributed by atoms with van der Waals surface area (Å²) in [5.41, 5.74) is 0. The normalized spacial score (nSPS) is 17.4. The first-order chi connectivity index (χ1) is 11.7. The van der Waals surface area contributed by atoms with E-state index in [2.05, 4.69) is 20.9 Å². The number of hydrogen-bond acceptors (Lipinski definition) is 4. The molecule has 24 heavy (non-hydrogen) atoms. The Morgan fingerprint density at radius 3 is 3.00 bits per heavy atom. The van der Waals surface area contributed by atoms with Gasteiger partial charge in [-0.15, -0.1) is 11.3 Å². The first kappa shape index (κ1) is 15.6. The van der Waals surface area contributed by atoms with Crippen LogP contribution in [0.3, 0.4) is 0 Å². The van der Waals surface area contributed by atoms with Crippen molar-refractivity contribution in [1.82, 2.24) is 9.88 Å². The minimum atomic E-state index is -0.0190. The summed E-state index contributed by atoms with van der Waals surface area (Å²) in [4.78, 5) is 19.6. The molecule has 0 saturated carbocycles. The van der Waals surface area contributed by atoms with Gasteiger partial charge in [-0.1, -0.05) is 18.2 Å². The third-order valence-corrected chi connectivity index (χ3v) is 5.78. The summed E-state index contributed by atoms with van der Waals surface area (Å²) in [7, 11) is 0. The SMILES string of the molecule is O=C(c1cc2ccccc2s1)N1CC[C@H](Oc2ncccc2Br)C1. The Labute approximate surface area is 152 Å². The van der Waals surface area contributed by atoms with E-state index in [0.29, 0.717) is 19.0 Å². The Balaban J connectivity index is 1.46. The molecule has 1 atom stereocenters. The Morgan fingerprint density at radius 1 is 1.29 bits per heavy atom. The zero-order chi connectivity index (χ0) is 16.5. The van der Waals surface area contributed by atoms with E-state index in [4.69, 9.17) is 4.74 Å². The lowest BCUT2D eigenvalue weighted by Gasteiger charge is -2.16. The summed E-state index contributed by atoms with van der Waals surface area (Å²) >= 11 is 4.99. The number of nitrogens with zero attached hydrogens (tertiary/aromatic N) is 2. The van der Waals surface area contributed by atoms with Gasteiger partial charge in [-0.25, -0.2) is 4.98 Å². The standard InChI is InChI=1S/C18H15BrN2O2S/c19-14-5-3-8-20-17(14)23-13-7-9-21(11-13)18(22)16-10-12-4-1-2-6-15(12)24-16/h1-6,8,10,13H,7,9,11H2/t13-/m0/s1. The Hall–Kier alpha value is -1.92. The van der Waals surface area contributed by atoms with Crippen LogP contribution in [-0.2, 0) is 0 Å². The second-order valence-electron chi connectivity index (χ2n) is 5.72. The van der Waals surface area contributed by atoms with E-state index in [9.17, 15) is 4.79 Å². The van der Waals surface area contributed by atoms with Crippen molar-refractivity contribution in [3.63, 3.8) is 0 Å². The zero-order valence-corrected chi connectivity index (χ0v) is 15.2. The van der Waals surface area contributed by atoms with Crippen molar-refractivity contribution in [2.45, 2.75) is 12.5 Å². The highest BCUT2D eigenvalue weighted by atomic mass is 79.9. The molecule has 0 radical (unpaired) electrons. The number of fused-ring (bicyclic) bond motifs is 1. The molecule has 122 valence electrons. The van der Waals surface area contributed by atoms with Gasteiger partial charge in [0.05, 0.1) is 15.9 Å². The first-order valence-corrected chi connectivity index (χ1v) is 9.37. The van der Waals surface area contributed by atoms with Gasteiger partial charge in [0, 0.05) is 23.9 Å².